The molecule has 31 heavy (non-hydrogen) atoms. The van der Waals surface area contributed by atoms with E-state index in [0.29, 0.717) is 16.8 Å². The third-order valence-corrected chi connectivity index (χ3v) is 4.96. The van der Waals surface area contributed by atoms with Crippen LogP contribution in [-0.4, -0.2) is 57.7 Å². The first-order valence-corrected chi connectivity index (χ1v) is 9.82. The lowest BCUT2D eigenvalue weighted by atomic mass is 10.1. The molecule has 0 aliphatic rings. The molecule has 2 atom stereocenters. The number of halogens is 2. The predicted molar refractivity (Wildman–Crippen MR) is 115 cm³/mol. The summed E-state index contributed by atoms with van der Waals surface area (Å²) < 4.78 is 20.2. The van der Waals surface area contributed by atoms with Crippen molar-refractivity contribution in [1.82, 2.24) is 14.5 Å². The third kappa shape index (κ3) is 5.45. The highest BCUT2D eigenvalue weighted by Gasteiger charge is 2.17. The summed E-state index contributed by atoms with van der Waals surface area (Å²) >= 11 is 5.72. The Labute approximate surface area is 182 Å². The lowest BCUT2D eigenvalue weighted by Crippen LogP contribution is -2.29. The van der Waals surface area contributed by atoms with Gasteiger partial charge in [-0.05, 0) is 29.8 Å². The van der Waals surface area contributed by atoms with E-state index in [1.807, 2.05) is 0 Å². The van der Waals surface area contributed by atoms with Crippen LogP contribution in [0.5, 0.6) is 0 Å². The highest BCUT2D eigenvalue weighted by Crippen LogP contribution is 2.23. The van der Waals surface area contributed by atoms with Gasteiger partial charge in [-0.3, -0.25) is 4.79 Å². The maximum atomic E-state index is 13.8. The summed E-state index contributed by atoms with van der Waals surface area (Å²) in [5.74, 6) is -0.347. The number of anilines is 1. The summed E-state index contributed by atoms with van der Waals surface area (Å²) in [4.78, 5) is 21.3. The minimum absolute atomic E-state index is 0.0368. The van der Waals surface area contributed by atoms with Crippen molar-refractivity contribution in [3.05, 3.63) is 75.5 Å². The molecule has 3 aromatic rings. The molecule has 0 bridgehead atoms. The van der Waals surface area contributed by atoms with Crippen LogP contribution in [0.15, 0.2) is 53.6 Å². The Morgan fingerprint density at radius 3 is 2.68 bits per heavy atom. The van der Waals surface area contributed by atoms with Crippen LogP contribution in [0.25, 0.3) is 11.3 Å². The van der Waals surface area contributed by atoms with Gasteiger partial charge in [0.1, 0.15) is 5.82 Å². The second kappa shape index (κ2) is 10.5. The molecule has 0 spiro atoms. The minimum Gasteiger partial charge on any atom is -0.394 e. The Morgan fingerprint density at radius 1 is 1.23 bits per heavy atom. The Morgan fingerprint density at radius 2 is 2.03 bits per heavy atom. The largest absolute Gasteiger partial charge is 0.394 e. The first-order chi connectivity index (χ1) is 15.0. The van der Waals surface area contributed by atoms with E-state index in [-0.39, 0.29) is 30.2 Å². The van der Waals surface area contributed by atoms with Gasteiger partial charge in [0, 0.05) is 31.1 Å². The van der Waals surface area contributed by atoms with Gasteiger partial charge >= 0.3 is 0 Å². The predicted octanol–water partition coefficient (Wildman–Crippen LogP) is 2.10. The average Bonchev–Trinajstić information content (AvgIpc) is 2.77. The number of aliphatic hydroxyl groups is 2. The number of nitrogens with zero attached hydrogens (tertiary/aromatic N) is 3. The summed E-state index contributed by atoms with van der Waals surface area (Å²) in [7, 11) is 1.52. The highest BCUT2D eigenvalue weighted by atomic mass is 35.5. The van der Waals surface area contributed by atoms with Crippen LogP contribution in [0.3, 0.4) is 0 Å². The second-order valence-corrected chi connectivity index (χ2v) is 7.18. The van der Waals surface area contributed by atoms with Crippen molar-refractivity contribution >= 4 is 17.5 Å². The molecule has 1 aromatic carbocycles. The Kier molecular flexibility index (Phi) is 7.69. The van der Waals surface area contributed by atoms with Crippen LogP contribution in [0.1, 0.15) is 11.6 Å². The third-order valence-electron chi connectivity index (χ3n) is 4.66. The standard InChI is InChI=1S/C21H22ClFN4O4/c1-31-12-15(10-28)25-21-24-6-4-18(26-21)13-5-7-27(20(30)9-13)19(11-29)14-2-3-16(22)17(23)8-14/h2-9,15,19,28-29H,10-12H2,1H3,(H,24,25,26)/t15-,19?/m1/s1. The molecule has 2 heterocycles. The molecule has 0 amide bonds. The van der Waals surface area contributed by atoms with E-state index < -0.39 is 24.0 Å². The molecule has 0 aliphatic heterocycles. The number of methoxy groups -OCH3 is 1. The molecule has 0 fully saturated rings. The van der Waals surface area contributed by atoms with Crippen molar-refractivity contribution in [2.24, 2.45) is 0 Å². The fraction of sp³-hybridized carbons (Fsp3) is 0.286. The number of aromatic nitrogens is 3. The maximum Gasteiger partial charge on any atom is 0.251 e. The molecule has 0 saturated carbocycles. The summed E-state index contributed by atoms with van der Waals surface area (Å²) in [6.45, 7) is -0.288. The van der Waals surface area contributed by atoms with E-state index in [4.69, 9.17) is 16.3 Å². The lowest BCUT2D eigenvalue weighted by Gasteiger charge is -2.19. The van der Waals surface area contributed by atoms with Crippen LogP contribution in [-0.2, 0) is 4.74 Å². The van der Waals surface area contributed by atoms with Crippen molar-refractivity contribution in [2.45, 2.75) is 12.1 Å². The van der Waals surface area contributed by atoms with Crippen molar-refractivity contribution < 1.29 is 19.3 Å². The van der Waals surface area contributed by atoms with Gasteiger partial charge in [0.25, 0.3) is 5.56 Å². The van der Waals surface area contributed by atoms with Crippen molar-refractivity contribution in [2.75, 3.05) is 32.2 Å². The van der Waals surface area contributed by atoms with Gasteiger partial charge in [-0.1, -0.05) is 17.7 Å². The monoisotopic (exact) mass is 448 g/mol. The van der Waals surface area contributed by atoms with E-state index in [0.717, 1.165) is 0 Å². The first-order valence-electron chi connectivity index (χ1n) is 9.44. The Bertz CT molecular complexity index is 1090. The molecule has 164 valence electrons. The molecule has 1 unspecified atom stereocenters. The van der Waals surface area contributed by atoms with Gasteiger partial charge in [-0.25, -0.2) is 14.4 Å². The summed E-state index contributed by atoms with van der Waals surface area (Å²) in [5, 5.41) is 22.1. The number of rotatable bonds is 9. The van der Waals surface area contributed by atoms with Crippen molar-refractivity contribution in [3.63, 3.8) is 0 Å². The van der Waals surface area contributed by atoms with E-state index in [1.54, 1.807) is 18.2 Å². The van der Waals surface area contributed by atoms with E-state index in [2.05, 4.69) is 15.3 Å². The summed E-state index contributed by atoms with van der Waals surface area (Å²) in [5.41, 5.74) is 1.06. The van der Waals surface area contributed by atoms with Crippen molar-refractivity contribution in [1.29, 1.82) is 0 Å². The number of benzene rings is 1. The molecular formula is C21H22ClFN4O4. The van der Waals surface area contributed by atoms with E-state index >= 15 is 0 Å². The van der Waals surface area contributed by atoms with Gasteiger partial charge in [0.2, 0.25) is 5.95 Å². The van der Waals surface area contributed by atoms with Gasteiger partial charge in [-0.2, -0.15) is 0 Å². The molecule has 0 saturated heterocycles. The normalized spacial score (nSPS) is 13.1. The number of hydrogen-bond acceptors (Lipinski definition) is 7. The fourth-order valence-corrected chi connectivity index (χ4v) is 3.21. The molecule has 2 aromatic heterocycles. The molecular weight excluding hydrogens is 427 g/mol. The van der Waals surface area contributed by atoms with Gasteiger partial charge in [-0.15, -0.1) is 0 Å². The zero-order valence-electron chi connectivity index (χ0n) is 16.7. The van der Waals surface area contributed by atoms with Gasteiger partial charge in [0.05, 0.1) is 42.6 Å². The second-order valence-electron chi connectivity index (χ2n) is 6.78. The lowest BCUT2D eigenvalue weighted by molar-refractivity contribution is 0.153. The topological polar surface area (TPSA) is 110 Å². The number of ether oxygens (including phenoxy) is 1. The van der Waals surface area contributed by atoms with Crippen LogP contribution < -0.4 is 10.9 Å². The maximum absolute atomic E-state index is 13.8. The van der Waals surface area contributed by atoms with Gasteiger partial charge < -0.3 is 24.8 Å². The number of pyridine rings is 1. The fourth-order valence-electron chi connectivity index (χ4n) is 3.09. The SMILES string of the molecule is COC[C@@H](CO)Nc1nccc(-c2ccn(C(CO)c3ccc(Cl)c(F)c3)c(=O)c2)n1. The highest BCUT2D eigenvalue weighted by molar-refractivity contribution is 6.30. The van der Waals surface area contributed by atoms with Crippen LogP contribution in [0.2, 0.25) is 5.02 Å². The zero-order valence-corrected chi connectivity index (χ0v) is 17.5. The smallest absolute Gasteiger partial charge is 0.251 e. The Hall–Kier alpha value is -2.85. The number of aliphatic hydroxyl groups excluding tert-OH is 2. The summed E-state index contributed by atoms with van der Waals surface area (Å²) in [6.07, 6.45) is 3.05. The van der Waals surface area contributed by atoms with Crippen LogP contribution >= 0.6 is 11.6 Å². The molecule has 10 heteroatoms. The molecule has 0 radical (unpaired) electrons. The quantitative estimate of drug-likeness (QED) is 0.460. The molecule has 3 N–H and O–H groups in total. The average molecular weight is 449 g/mol. The molecule has 0 aliphatic carbocycles. The first kappa shape index (κ1) is 22.8. The zero-order chi connectivity index (χ0) is 22.4. The van der Waals surface area contributed by atoms with Crippen LogP contribution in [0, 0.1) is 5.82 Å². The summed E-state index contributed by atoms with van der Waals surface area (Å²) in [6, 6.07) is 7.69. The molecule has 3 rings (SSSR count). The van der Waals surface area contributed by atoms with Gasteiger partial charge in [0.15, 0.2) is 0 Å². The Balaban J connectivity index is 1.89. The van der Waals surface area contributed by atoms with Crippen molar-refractivity contribution in [3.8, 4) is 11.3 Å². The molecule has 8 nitrogen and oxygen atoms in total. The minimum atomic E-state index is -0.768. The number of hydrogen-bond donors (Lipinski definition) is 3. The van der Waals surface area contributed by atoms with Crippen LogP contribution in [0.4, 0.5) is 10.3 Å². The van der Waals surface area contributed by atoms with E-state index in [1.165, 1.54) is 42.3 Å². The number of nitrogens with one attached hydrogen (secondary N) is 1. The van der Waals surface area contributed by atoms with E-state index in [9.17, 15) is 19.4 Å².